The molecule has 4 aromatic carbocycles. The van der Waals surface area contributed by atoms with E-state index < -0.39 is 45.0 Å². The van der Waals surface area contributed by atoms with Crippen LogP contribution in [0.3, 0.4) is 0 Å². The van der Waals surface area contributed by atoms with Crippen molar-refractivity contribution in [1.29, 1.82) is 0 Å². The third-order valence-electron chi connectivity index (χ3n) is 11.0. The van der Waals surface area contributed by atoms with Gasteiger partial charge in [0.05, 0.1) is 21.6 Å². The highest BCUT2D eigenvalue weighted by Gasteiger charge is 2.31. The number of nitrogens with zero attached hydrogens (tertiary/aromatic N) is 8. The van der Waals surface area contributed by atoms with Crippen LogP contribution in [0.25, 0.3) is 22.6 Å². The van der Waals surface area contributed by atoms with Gasteiger partial charge in [0, 0.05) is 25.9 Å². The summed E-state index contributed by atoms with van der Waals surface area (Å²) in [5.74, 6) is 0.879. The first-order chi connectivity index (χ1) is 34.6. The number of aryl methyl sites for hydroxylation is 3. The Morgan fingerprint density at radius 2 is 1.48 bits per heavy atom. The van der Waals surface area contributed by atoms with Crippen molar-refractivity contribution in [3.05, 3.63) is 127 Å². The topological polar surface area (TPSA) is 324 Å². The number of benzene rings is 5. The number of rotatable bonds is 16. The molecule has 0 spiro atoms. The summed E-state index contributed by atoms with van der Waals surface area (Å²) >= 11 is 26.2. The number of fused-ring (bicyclic) bond motifs is 4. The molecule has 0 saturated carbocycles. The van der Waals surface area contributed by atoms with E-state index in [0.717, 1.165) is 28.8 Å². The fraction of sp³-hybridized carbons (Fsp3) is 0.182. The highest BCUT2D eigenvalue weighted by atomic mass is 35.5. The summed E-state index contributed by atoms with van der Waals surface area (Å²) in [7, 11) is -14.7. The normalized spacial score (nSPS) is 12.8. The summed E-state index contributed by atoms with van der Waals surface area (Å²) in [6.07, 6.45) is 2.21. The molecule has 2 aromatic heterocycles. The molecule has 29 heteroatoms. The number of hydrogen-bond donors (Lipinski definition) is 6. The number of anilines is 5. The molecule has 9 rings (SSSR count). The molecule has 0 bridgehead atoms. The zero-order chi connectivity index (χ0) is 52.0. The molecule has 1 aliphatic carbocycles. The molecule has 0 saturated heterocycles. The van der Waals surface area contributed by atoms with Crippen LogP contribution in [-0.4, -0.2) is 86.9 Å². The second-order valence-corrected chi connectivity index (χ2v) is 21.7. The van der Waals surface area contributed by atoms with Crippen molar-refractivity contribution in [3.63, 3.8) is 0 Å². The molecule has 6 aromatic rings. The Bertz CT molecular complexity index is 3930. The quantitative estimate of drug-likeness (QED) is 0.0299. The maximum absolute atomic E-state index is 13.0. The van der Waals surface area contributed by atoms with Gasteiger partial charge in [0.25, 0.3) is 20.2 Å². The minimum absolute atomic E-state index is 0.00436. The predicted octanol–water partition coefficient (Wildman–Crippen LogP) is 8.73. The van der Waals surface area contributed by atoms with Crippen molar-refractivity contribution in [1.82, 2.24) is 34.9 Å². The molecule has 378 valence electrons. The Labute approximate surface area is 434 Å². The van der Waals surface area contributed by atoms with Crippen LogP contribution >= 0.6 is 46.4 Å². The summed E-state index contributed by atoms with van der Waals surface area (Å²) in [6.45, 7) is 2.41. The van der Waals surface area contributed by atoms with Crippen molar-refractivity contribution in [2.75, 3.05) is 29.0 Å². The average Bonchev–Trinajstić information content (AvgIpc) is 3.32. The van der Waals surface area contributed by atoms with Crippen molar-refractivity contribution in [2.45, 2.75) is 53.7 Å². The summed E-state index contributed by atoms with van der Waals surface area (Å²) < 4.78 is 115. The van der Waals surface area contributed by atoms with Crippen molar-refractivity contribution < 1.29 is 48.1 Å². The molecule has 6 N–H and O–H groups in total. The van der Waals surface area contributed by atoms with Crippen molar-refractivity contribution >= 4 is 117 Å². The monoisotopic (exact) mass is 1130 g/mol. The van der Waals surface area contributed by atoms with E-state index in [1.54, 1.807) is 12.1 Å². The van der Waals surface area contributed by atoms with Gasteiger partial charge in [0.15, 0.2) is 27.7 Å². The first-order valence-electron chi connectivity index (χ1n) is 21.4. The Morgan fingerprint density at radius 3 is 2.23 bits per heavy atom. The third-order valence-corrected chi connectivity index (χ3v) is 14.7. The lowest BCUT2D eigenvalue weighted by atomic mass is 10.1. The van der Waals surface area contributed by atoms with E-state index in [-0.39, 0.29) is 84.1 Å². The lowest BCUT2D eigenvalue weighted by Gasteiger charge is -2.25. The first-order valence-corrected chi connectivity index (χ1v) is 27.2. The van der Waals surface area contributed by atoms with Crippen LogP contribution in [0.1, 0.15) is 41.2 Å². The van der Waals surface area contributed by atoms with E-state index in [2.05, 4.69) is 55.8 Å². The van der Waals surface area contributed by atoms with E-state index in [1.165, 1.54) is 12.1 Å². The first kappa shape index (κ1) is 51.5. The Hall–Kier alpha value is -6.39. The lowest BCUT2D eigenvalue weighted by molar-refractivity contribution is 0.474. The van der Waals surface area contributed by atoms with Crippen molar-refractivity contribution in [2.24, 2.45) is 4.99 Å². The summed E-state index contributed by atoms with van der Waals surface area (Å²) in [6, 6.07) is 18.5. The Kier molecular flexibility index (Phi) is 14.5. The van der Waals surface area contributed by atoms with Crippen LogP contribution in [0.2, 0.25) is 20.6 Å². The number of ether oxygens (including phenoxy) is 1. The van der Waals surface area contributed by atoms with Gasteiger partial charge in [-0.2, -0.15) is 40.2 Å². The second kappa shape index (κ2) is 20.5. The highest BCUT2D eigenvalue weighted by molar-refractivity contribution is 7.87. The van der Waals surface area contributed by atoms with Gasteiger partial charge in [-0.3, -0.25) is 18.7 Å². The van der Waals surface area contributed by atoms with Crippen LogP contribution < -0.4 is 26.0 Å². The molecule has 0 fully saturated rings. The van der Waals surface area contributed by atoms with Gasteiger partial charge in [-0.15, -0.1) is 0 Å². The van der Waals surface area contributed by atoms with Crippen LogP contribution in [0.5, 0.6) is 11.5 Å². The standard InChI is InChI=1S/C44H35Cl4N11O11S3/c1-21-6-2-3-8-23(21)19-32-54-31(55-41(47)56-32)9-5-16-49-28-15-14-27-37(40(28)73(66,67)68)70-39-34(46)35-38(33(45)36(39)52-27)69-29-18-22(10-12-25(29)51-35)7-4-17-50-43-57-42(48)58-44(59-43)53-26-13-11-24(71(60,61)62)20-30(26)72(63,64)65/h2-3,6,8,10-15,18,20,51H,4-5,7,9,16-17,19H2,1H3,(H,60,61,62)(H,63,64,65)(H,66,67,68)(H2,50,53,57,58,59). The highest BCUT2D eigenvalue weighted by Crippen LogP contribution is 2.53. The summed E-state index contributed by atoms with van der Waals surface area (Å²) in [5, 5.41) is 8.38. The molecular weight excluding hydrogens is 1100 g/mol. The molecule has 0 radical (unpaired) electrons. The van der Waals surface area contributed by atoms with Gasteiger partial charge < -0.3 is 25.1 Å². The molecule has 0 unspecified atom stereocenters. The van der Waals surface area contributed by atoms with Gasteiger partial charge in [-0.1, -0.05) is 53.5 Å². The minimum atomic E-state index is -4.99. The lowest BCUT2D eigenvalue weighted by Crippen LogP contribution is -2.18. The van der Waals surface area contributed by atoms with Gasteiger partial charge >= 0.3 is 10.1 Å². The van der Waals surface area contributed by atoms with E-state index >= 15 is 0 Å². The summed E-state index contributed by atoms with van der Waals surface area (Å²) in [5.41, 5.74) is 3.32. The Morgan fingerprint density at radius 1 is 0.726 bits per heavy atom. The number of aromatic nitrogens is 7. The number of nitrogens with one attached hydrogen (secondary N) is 3. The zero-order valence-electron chi connectivity index (χ0n) is 37.3. The fourth-order valence-corrected chi connectivity index (χ4v) is 10.5. The molecule has 22 nitrogen and oxygen atoms in total. The zero-order valence-corrected chi connectivity index (χ0v) is 42.8. The SMILES string of the molecule is Cc1ccccc1Cc1nc(Cl)nc(CCCN=c2ccc3nc4c(Cl)c5c(c(Cl)c4oc-3c2S(=O)(=O)O)Nc2ccc(CCCNc3nc(Cl)nc(Nc4ccc(S(=O)(=O)O)cc4S(=O)(=O)O)n3)cc2O5)n1. The molecule has 73 heavy (non-hydrogen) atoms. The molecule has 0 amide bonds. The Balaban J connectivity index is 0.887. The van der Waals surface area contributed by atoms with Gasteiger partial charge in [-0.05, 0) is 109 Å². The van der Waals surface area contributed by atoms with E-state index in [0.29, 0.717) is 67.8 Å². The largest absolute Gasteiger partial charge is 0.451 e. The van der Waals surface area contributed by atoms with Gasteiger partial charge in [0.2, 0.25) is 22.5 Å². The van der Waals surface area contributed by atoms with E-state index in [9.17, 15) is 38.9 Å². The van der Waals surface area contributed by atoms with Crippen LogP contribution in [0.4, 0.5) is 29.0 Å². The summed E-state index contributed by atoms with van der Waals surface area (Å²) in [4.78, 5) is 32.0. The van der Waals surface area contributed by atoms with E-state index in [1.807, 2.05) is 37.3 Å². The molecule has 0 atom stereocenters. The number of hydrogen-bond acceptors (Lipinski definition) is 19. The minimum Gasteiger partial charge on any atom is -0.451 e. The van der Waals surface area contributed by atoms with Crippen molar-refractivity contribution in [3.8, 4) is 23.0 Å². The molecule has 3 aliphatic rings. The van der Waals surface area contributed by atoms with Gasteiger partial charge in [-0.25, -0.2) is 19.9 Å². The fourth-order valence-electron chi connectivity index (χ4n) is 7.64. The molecule has 4 heterocycles. The van der Waals surface area contributed by atoms with Crippen LogP contribution in [-0.2, 0) is 49.6 Å². The third kappa shape index (κ3) is 11.5. The predicted molar refractivity (Wildman–Crippen MR) is 269 cm³/mol. The van der Waals surface area contributed by atoms with Crippen LogP contribution in [0, 0.1) is 6.92 Å². The number of halogens is 4. The van der Waals surface area contributed by atoms with Gasteiger partial charge in [0.1, 0.15) is 43.5 Å². The second-order valence-electron chi connectivity index (χ2n) is 16.1. The van der Waals surface area contributed by atoms with E-state index in [4.69, 9.17) is 55.6 Å². The molecular formula is C44H35Cl4N11O11S3. The smallest absolute Gasteiger partial charge is 0.300 e. The average molecular weight is 1130 g/mol. The molecule has 2 aliphatic heterocycles. The maximum Gasteiger partial charge on any atom is 0.300 e. The van der Waals surface area contributed by atoms with Crippen LogP contribution in [0.15, 0.2) is 96.9 Å². The maximum atomic E-state index is 13.0.